The van der Waals surface area contributed by atoms with Crippen LogP contribution in [-0.2, 0) is 28.9 Å². The van der Waals surface area contributed by atoms with Crippen LogP contribution in [-0.4, -0.2) is 36.5 Å². The normalized spacial score (nSPS) is 25.1. The topological polar surface area (TPSA) is 102 Å². The number of fused-ring (bicyclic) bond motifs is 3. The molecular formula is C16H19BrN4O4S. The number of benzene rings is 1. The predicted octanol–water partition coefficient (Wildman–Crippen LogP) is 0.444. The molecule has 1 aromatic carbocycles. The SMILES string of the molecule is Cn1c(=O)n(C)c2cc(S(=O)(=O)NC(=O)C34CNCC(C3)C4)c(Br)cc21. The van der Waals surface area contributed by atoms with E-state index in [9.17, 15) is 18.0 Å². The van der Waals surface area contributed by atoms with E-state index in [1.54, 1.807) is 20.2 Å². The number of hydrogen-bond acceptors (Lipinski definition) is 5. The van der Waals surface area contributed by atoms with E-state index >= 15 is 0 Å². The quantitative estimate of drug-likeness (QED) is 0.717. The third-order valence-electron chi connectivity index (χ3n) is 5.58. The Labute approximate surface area is 158 Å². The number of aromatic nitrogens is 2. The summed E-state index contributed by atoms with van der Waals surface area (Å²) in [4.78, 5) is 24.7. The molecule has 0 unspecified atom stereocenters. The molecule has 3 aliphatic rings. The first-order valence-corrected chi connectivity index (χ1v) is 10.6. The third-order valence-corrected chi connectivity index (χ3v) is 7.87. The second kappa shape index (κ2) is 5.67. The van der Waals surface area contributed by atoms with Crippen LogP contribution in [0.5, 0.6) is 0 Å². The molecule has 2 bridgehead atoms. The van der Waals surface area contributed by atoms with Crippen LogP contribution >= 0.6 is 15.9 Å². The lowest BCUT2D eigenvalue weighted by Crippen LogP contribution is -2.61. The van der Waals surface area contributed by atoms with Crippen LogP contribution in [0.25, 0.3) is 11.0 Å². The van der Waals surface area contributed by atoms with Gasteiger partial charge in [0.2, 0.25) is 5.91 Å². The van der Waals surface area contributed by atoms with Gasteiger partial charge in [-0.2, -0.15) is 0 Å². The van der Waals surface area contributed by atoms with Crippen LogP contribution in [0.15, 0.2) is 26.3 Å². The van der Waals surface area contributed by atoms with E-state index in [0.29, 0.717) is 28.0 Å². The average Bonchev–Trinajstić information content (AvgIpc) is 2.77. The summed E-state index contributed by atoms with van der Waals surface area (Å²) in [6, 6.07) is 2.99. The Morgan fingerprint density at radius 1 is 1.27 bits per heavy atom. The smallest absolute Gasteiger partial charge is 0.315 e. The molecule has 3 fully saturated rings. The van der Waals surface area contributed by atoms with Crippen molar-refractivity contribution in [3.63, 3.8) is 0 Å². The fourth-order valence-corrected chi connectivity index (χ4v) is 6.23. The lowest BCUT2D eigenvalue weighted by Gasteiger charge is -2.51. The maximum absolute atomic E-state index is 12.8. The number of aryl methyl sites for hydroxylation is 2. The summed E-state index contributed by atoms with van der Waals surface area (Å²) in [5, 5.41) is 3.18. The zero-order valence-electron chi connectivity index (χ0n) is 14.4. The summed E-state index contributed by atoms with van der Waals surface area (Å²) in [5.74, 6) is -0.0194. The second-order valence-corrected chi connectivity index (χ2v) is 9.80. The molecule has 2 aliphatic heterocycles. The fourth-order valence-electron chi connectivity index (χ4n) is 4.11. The Balaban J connectivity index is 1.72. The van der Waals surface area contributed by atoms with Gasteiger partial charge in [-0.15, -0.1) is 0 Å². The highest BCUT2D eigenvalue weighted by atomic mass is 79.9. The van der Waals surface area contributed by atoms with Crippen LogP contribution in [0, 0.1) is 11.3 Å². The van der Waals surface area contributed by atoms with Crippen molar-refractivity contribution >= 4 is 42.9 Å². The molecule has 2 saturated heterocycles. The first-order valence-electron chi connectivity index (χ1n) is 8.27. The van der Waals surface area contributed by atoms with Crippen molar-refractivity contribution in [1.82, 2.24) is 19.2 Å². The average molecular weight is 443 g/mol. The van der Waals surface area contributed by atoms with Gasteiger partial charge in [0.1, 0.15) is 4.90 Å². The van der Waals surface area contributed by atoms with E-state index in [4.69, 9.17) is 0 Å². The van der Waals surface area contributed by atoms with Gasteiger partial charge in [-0.05, 0) is 53.4 Å². The summed E-state index contributed by atoms with van der Waals surface area (Å²) in [6.45, 7) is 1.38. The van der Waals surface area contributed by atoms with Gasteiger partial charge in [0.25, 0.3) is 10.0 Å². The Morgan fingerprint density at radius 3 is 2.46 bits per heavy atom. The number of hydrogen-bond donors (Lipinski definition) is 2. The molecule has 2 aromatic rings. The molecule has 3 heterocycles. The standard InChI is InChI=1S/C16H19BrN4O4S/c1-20-11-3-10(17)13(4-12(11)21(2)15(20)23)26(24,25)19-14(22)16-5-9(6-16)7-18-8-16/h3-4,9,18H,5-8H2,1-2H3,(H,19,22). The van der Waals surface area contributed by atoms with Gasteiger partial charge in [0.15, 0.2) is 0 Å². The number of nitrogens with one attached hydrogen (secondary N) is 2. The Kier molecular flexibility index (Phi) is 3.87. The summed E-state index contributed by atoms with van der Waals surface area (Å²) in [6.07, 6.45) is 1.43. The fraction of sp³-hybridized carbons (Fsp3) is 0.500. The first kappa shape index (κ1) is 17.7. The minimum atomic E-state index is -4.06. The molecule has 140 valence electrons. The van der Waals surface area contributed by atoms with Crippen molar-refractivity contribution in [3.05, 3.63) is 27.1 Å². The molecule has 1 aliphatic carbocycles. The minimum Gasteiger partial charge on any atom is -0.315 e. The highest BCUT2D eigenvalue weighted by Gasteiger charge is 2.53. The van der Waals surface area contributed by atoms with Crippen LogP contribution in [0.2, 0.25) is 0 Å². The Morgan fingerprint density at radius 2 is 1.88 bits per heavy atom. The van der Waals surface area contributed by atoms with Crippen molar-refractivity contribution in [2.45, 2.75) is 17.7 Å². The number of nitrogens with zero attached hydrogens (tertiary/aromatic N) is 2. The van der Waals surface area contributed by atoms with E-state index in [2.05, 4.69) is 26.0 Å². The lowest BCUT2D eigenvalue weighted by atomic mass is 9.59. The number of carbonyl (C=O) groups excluding carboxylic acids is 1. The van der Waals surface area contributed by atoms with Crippen LogP contribution in [0.1, 0.15) is 12.8 Å². The van der Waals surface area contributed by atoms with Gasteiger partial charge < -0.3 is 5.32 Å². The highest BCUT2D eigenvalue weighted by Crippen LogP contribution is 2.48. The van der Waals surface area contributed by atoms with Crippen LogP contribution in [0.4, 0.5) is 0 Å². The van der Waals surface area contributed by atoms with E-state index < -0.39 is 21.3 Å². The molecule has 8 nitrogen and oxygen atoms in total. The molecule has 5 rings (SSSR count). The number of piperidine rings is 2. The number of halogens is 1. The van der Waals surface area contributed by atoms with Crippen molar-refractivity contribution < 1.29 is 13.2 Å². The van der Waals surface area contributed by atoms with E-state index in [1.807, 2.05) is 0 Å². The van der Waals surface area contributed by atoms with Crippen molar-refractivity contribution in [2.75, 3.05) is 13.1 Å². The lowest BCUT2D eigenvalue weighted by molar-refractivity contribution is -0.140. The summed E-state index contributed by atoms with van der Waals surface area (Å²) in [5.41, 5.74) is 0.200. The van der Waals surface area contributed by atoms with E-state index in [1.165, 1.54) is 15.2 Å². The summed E-state index contributed by atoms with van der Waals surface area (Å²) >= 11 is 3.26. The van der Waals surface area contributed by atoms with Crippen LogP contribution < -0.4 is 15.7 Å². The molecule has 10 heteroatoms. The Bertz CT molecular complexity index is 1090. The molecule has 0 radical (unpaired) electrons. The predicted molar refractivity (Wildman–Crippen MR) is 99.2 cm³/mol. The van der Waals surface area contributed by atoms with E-state index in [-0.39, 0.29) is 10.6 Å². The number of amides is 1. The summed E-state index contributed by atoms with van der Waals surface area (Å²) in [7, 11) is -0.865. The van der Waals surface area contributed by atoms with Crippen molar-refractivity contribution in [1.29, 1.82) is 0 Å². The van der Waals surface area contributed by atoms with E-state index in [0.717, 1.165) is 19.4 Å². The van der Waals surface area contributed by atoms with Crippen molar-refractivity contribution in [2.24, 2.45) is 25.4 Å². The minimum absolute atomic E-state index is 0.0596. The van der Waals surface area contributed by atoms with Gasteiger partial charge in [-0.3, -0.25) is 13.9 Å². The van der Waals surface area contributed by atoms with Gasteiger partial charge >= 0.3 is 5.69 Å². The van der Waals surface area contributed by atoms with Gasteiger partial charge in [-0.25, -0.2) is 17.9 Å². The first-order chi connectivity index (χ1) is 12.1. The Hall–Kier alpha value is -1.65. The van der Waals surface area contributed by atoms with Crippen molar-refractivity contribution in [3.8, 4) is 0 Å². The molecule has 1 amide bonds. The van der Waals surface area contributed by atoms with Gasteiger partial charge in [0.05, 0.1) is 16.4 Å². The van der Waals surface area contributed by atoms with Gasteiger partial charge in [0, 0.05) is 25.1 Å². The molecular weight excluding hydrogens is 424 g/mol. The van der Waals surface area contributed by atoms with Gasteiger partial charge in [-0.1, -0.05) is 0 Å². The zero-order valence-corrected chi connectivity index (χ0v) is 16.8. The summed E-state index contributed by atoms with van der Waals surface area (Å²) < 4.78 is 31.0. The number of rotatable bonds is 3. The molecule has 0 atom stereocenters. The third kappa shape index (κ3) is 2.46. The number of carbonyl (C=O) groups is 1. The molecule has 0 spiro atoms. The molecule has 2 N–H and O–H groups in total. The number of sulfonamides is 1. The zero-order chi connectivity index (χ0) is 18.9. The molecule has 26 heavy (non-hydrogen) atoms. The number of imidazole rings is 1. The van der Waals surface area contributed by atoms with Crippen LogP contribution in [0.3, 0.4) is 0 Å². The molecule has 1 aromatic heterocycles. The molecule has 1 saturated carbocycles. The monoisotopic (exact) mass is 442 g/mol. The maximum atomic E-state index is 12.8. The maximum Gasteiger partial charge on any atom is 0.328 e. The second-order valence-electron chi connectivity index (χ2n) is 7.29. The largest absolute Gasteiger partial charge is 0.328 e. The highest BCUT2D eigenvalue weighted by molar-refractivity contribution is 9.10.